The molecule has 0 aromatic heterocycles. The van der Waals surface area contributed by atoms with Crippen LogP contribution in [0.1, 0.15) is 42.9 Å². The lowest BCUT2D eigenvalue weighted by Gasteiger charge is -2.38. The molecule has 5 heteroatoms. The van der Waals surface area contributed by atoms with Crippen molar-refractivity contribution in [3.05, 3.63) is 35.4 Å². The molecule has 1 aromatic carbocycles. The first-order chi connectivity index (χ1) is 11.1. The fourth-order valence-electron chi connectivity index (χ4n) is 3.45. The summed E-state index contributed by atoms with van der Waals surface area (Å²) < 4.78 is 5.63. The lowest BCUT2D eigenvalue weighted by atomic mass is 9.96. The molecule has 0 unspecified atom stereocenters. The first-order valence-electron chi connectivity index (χ1n) is 8.30. The van der Waals surface area contributed by atoms with Crippen LogP contribution in [0.4, 0.5) is 0 Å². The number of hydrogen-bond acceptors (Lipinski definition) is 3. The molecular formula is C18H24N2O3. The molecule has 0 bridgehead atoms. The van der Waals surface area contributed by atoms with E-state index in [1.807, 2.05) is 31.2 Å². The molecule has 1 saturated heterocycles. The molecule has 1 heterocycles. The maximum Gasteiger partial charge on any atom is 0.251 e. The monoisotopic (exact) mass is 316 g/mol. The molecule has 1 N–H and O–H groups in total. The Kier molecular flexibility index (Phi) is 4.66. The van der Waals surface area contributed by atoms with Crippen LogP contribution in [0.25, 0.3) is 0 Å². The number of nitrogens with one attached hydrogen (secondary N) is 1. The molecule has 2 amide bonds. The van der Waals surface area contributed by atoms with Crippen LogP contribution >= 0.6 is 0 Å². The number of carbonyl (C=O) groups is 2. The maximum atomic E-state index is 12.7. The van der Waals surface area contributed by atoms with Gasteiger partial charge in [0, 0.05) is 13.1 Å². The highest BCUT2D eigenvalue weighted by Gasteiger charge is 2.40. The van der Waals surface area contributed by atoms with E-state index in [4.69, 9.17) is 4.74 Å². The minimum atomic E-state index is -0.652. The highest BCUT2D eigenvalue weighted by atomic mass is 16.5. The van der Waals surface area contributed by atoms with Gasteiger partial charge in [0.15, 0.2) is 6.10 Å². The highest BCUT2D eigenvalue weighted by molar-refractivity contribution is 5.86. The lowest BCUT2D eigenvalue weighted by Crippen LogP contribution is -2.54. The number of morpholine rings is 1. The van der Waals surface area contributed by atoms with Crippen molar-refractivity contribution in [2.24, 2.45) is 0 Å². The van der Waals surface area contributed by atoms with Crippen molar-refractivity contribution >= 4 is 11.8 Å². The molecule has 1 aromatic rings. The molecular weight excluding hydrogens is 292 g/mol. The van der Waals surface area contributed by atoms with Crippen LogP contribution in [0.2, 0.25) is 0 Å². The van der Waals surface area contributed by atoms with E-state index in [9.17, 15) is 9.59 Å². The molecule has 124 valence electrons. The van der Waals surface area contributed by atoms with Gasteiger partial charge in [-0.05, 0) is 25.3 Å². The predicted molar refractivity (Wildman–Crippen MR) is 86.8 cm³/mol. The van der Waals surface area contributed by atoms with Crippen LogP contribution in [0.3, 0.4) is 0 Å². The van der Waals surface area contributed by atoms with Crippen LogP contribution in [0.5, 0.6) is 0 Å². The Bertz CT molecular complexity index is 578. The minimum Gasteiger partial charge on any atom is -0.356 e. The summed E-state index contributed by atoms with van der Waals surface area (Å²) in [6.45, 7) is 1.97. The second kappa shape index (κ2) is 6.71. The number of hydrogen-bond donors (Lipinski definition) is 1. The largest absolute Gasteiger partial charge is 0.356 e. The Morgan fingerprint density at radius 1 is 1.22 bits per heavy atom. The van der Waals surface area contributed by atoms with Crippen LogP contribution in [0, 0.1) is 6.92 Å². The summed E-state index contributed by atoms with van der Waals surface area (Å²) >= 11 is 0. The number of aryl methyl sites for hydroxylation is 1. The number of rotatable bonds is 3. The average Bonchev–Trinajstić information content (AvgIpc) is 3.04. The molecule has 0 spiro atoms. The summed E-state index contributed by atoms with van der Waals surface area (Å²) in [7, 11) is 1.74. The highest BCUT2D eigenvalue weighted by Crippen LogP contribution is 2.30. The van der Waals surface area contributed by atoms with Crippen molar-refractivity contribution in [1.82, 2.24) is 10.2 Å². The topological polar surface area (TPSA) is 58.6 Å². The van der Waals surface area contributed by atoms with E-state index in [1.54, 1.807) is 11.9 Å². The molecule has 2 fully saturated rings. The van der Waals surface area contributed by atoms with Gasteiger partial charge in [-0.3, -0.25) is 9.59 Å². The number of carbonyl (C=O) groups excluding carboxylic acids is 2. The summed E-state index contributed by atoms with van der Waals surface area (Å²) in [5.41, 5.74) is 2.07. The van der Waals surface area contributed by atoms with Crippen molar-refractivity contribution < 1.29 is 14.3 Å². The van der Waals surface area contributed by atoms with Gasteiger partial charge in [0.2, 0.25) is 5.91 Å². The zero-order chi connectivity index (χ0) is 16.4. The third-order valence-electron chi connectivity index (χ3n) is 4.86. The van der Waals surface area contributed by atoms with E-state index >= 15 is 0 Å². The van der Waals surface area contributed by atoms with Gasteiger partial charge >= 0.3 is 0 Å². The summed E-state index contributed by atoms with van der Waals surface area (Å²) in [6.07, 6.45) is 3.73. The van der Waals surface area contributed by atoms with E-state index in [-0.39, 0.29) is 30.5 Å². The van der Waals surface area contributed by atoms with E-state index in [1.165, 1.54) is 0 Å². The molecule has 1 aliphatic carbocycles. The SMILES string of the molecule is Cc1ccc([C@@H]2[C@H](C(=O)NC3CCCC3)OCC(=O)N2C)cc1. The third-order valence-corrected chi connectivity index (χ3v) is 4.86. The predicted octanol–water partition coefficient (Wildman–Crippen LogP) is 1.95. The lowest BCUT2D eigenvalue weighted by molar-refractivity contribution is -0.162. The van der Waals surface area contributed by atoms with Gasteiger partial charge in [0.1, 0.15) is 6.61 Å². The van der Waals surface area contributed by atoms with Crippen molar-refractivity contribution in [1.29, 1.82) is 0 Å². The number of amides is 2. The summed E-state index contributed by atoms with van der Waals surface area (Å²) in [5.74, 6) is -0.206. The Morgan fingerprint density at radius 2 is 1.87 bits per heavy atom. The van der Waals surface area contributed by atoms with E-state index in [2.05, 4.69) is 5.32 Å². The first kappa shape index (κ1) is 16.0. The molecule has 2 aliphatic rings. The summed E-state index contributed by atoms with van der Waals surface area (Å²) in [5, 5.41) is 3.09. The first-order valence-corrected chi connectivity index (χ1v) is 8.30. The quantitative estimate of drug-likeness (QED) is 0.927. The molecule has 0 radical (unpaired) electrons. The zero-order valence-electron chi connectivity index (χ0n) is 13.7. The molecule has 5 nitrogen and oxygen atoms in total. The zero-order valence-corrected chi connectivity index (χ0v) is 13.7. The van der Waals surface area contributed by atoms with Gasteiger partial charge in [0.05, 0.1) is 6.04 Å². The number of likely N-dealkylation sites (N-methyl/N-ethyl adjacent to an activating group) is 1. The van der Waals surface area contributed by atoms with Crippen LogP contribution in [0.15, 0.2) is 24.3 Å². The van der Waals surface area contributed by atoms with Gasteiger partial charge in [-0.2, -0.15) is 0 Å². The van der Waals surface area contributed by atoms with Gasteiger partial charge < -0.3 is 15.0 Å². The van der Waals surface area contributed by atoms with Gasteiger partial charge in [-0.25, -0.2) is 0 Å². The average molecular weight is 316 g/mol. The van der Waals surface area contributed by atoms with E-state index < -0.39 is 6.10 Å². The molecule has 3 rings (SSSR count). The number of benzene rings is 1. The number of ether oxygens (including phenoxy) is 1. The van der Waals surface area contributed by atoms with Gasteiger partial charge in [-0.15, -0.1) is 0 Å². The van der Waals surface area contributed by atoms with E-state index in [0.717, 1.165) is 36.8 Å². The molecule has 2 atom stereocenters. The van der Waals surface area contributed by atoms with Crippen LogP contribution < -0.4 is 5.32 Å². The fourth-order valence-corrected chi connectivity index (χ4v) is 3.45. The maximum absolute atomic E-state index is 12.7. The van der Waals surface area contributed by atoms with Crippen molar-refractivity contribution in [3.63, 3.8) is 0 Å². The minimum absolute atomic E-state index is 0.0401. The van der Waals surface area contributed by atoms with Crippen molar-refractivity contribution in [3.8, 4) is 0 Å². The second-order valence-electron chi connectivity index (χ2n) is 6.58. The standard InChI is InChI=1S/C18H24N2O3/c1-12-7-9-13(10-8-12)16-17(23-11-15(21)20(16)2)18(22)19-14-5-3-4-6-14/h7-10,14,16-17H,3-6,11H2,1-2H3,(H,19,22)/t16-,17-/m1/s1. The Balaban J connectivity index is 1.81. The van der Waals surface area contributed by atoms with Crippen molar-refractivity contribution in [2.45, 2.75) is 50.8 Å². The molecule has 1 aliphatic heterocycles. The van der Waals surface area contributed by atoms with Gasteiger partial charge in [0.25, 0.3) is 5.91 Å². The fraction of sp³-hybridized carbons (Fsp3) is 0.556. The Labute approximate surface area is 137 Å². The smallest absolute Gasteiger partial charge is 0.251 e. The van der Waals surface area contributed by atoms with Gasteiger partial charge in [-0.1, -0.05) is 42.7 Å². The summed E-state index contributed by atoms with van der Waals surface area (Å²) in [4.78, 5) is 26.3. The van der Waals surface area contributed by atoms with E-state index in [0.29, 0.717) is 0 Å². The van der Waals surface area contributed by atoms with Crippen LogP contribution in [-0.4, -0.2) is 42.5 Å². The molecule has 23 heavy (non-hydrogen) atoms. The Morgan fingerprint density at radius 3 is 2.52 bits per heavy atom. The van der Waals surface area contributed by atoms with Crippen LogP contribution in [-0.2, 0) is 14.3 Å². The summed E-state index contributed by atoms with van der Waals surface area (Å²) in [6, 6.07) is 7.79. The van der Waals surface area contributed by atoms with Crippen molar-refractivity contribution in [2.75, 3.05) is 13.7 Å². The second-order valence-corrected chi connectivity index (χ2v) is 6.58. The normalized spacial score (nSPS) is 25.7. The number of nitrogens with zero attached hydrogens (tertiary/aromatic N) is 1. The Hall–Kier alpha value is -1.88. The third kappa shape index (κ3) is 3.39. The molecule has 1 saturated carbocycles.